The lowest BCUT2D eigenvalue weighted by molar-refractivity contribution is 0.387. The molecule has 5 heteroatoms. The molecule has 0 aliphatic heterocycles. The maximum atomic E-state index is 10.5. The number of rotatable bonds is 4. The Hall–Kier alpha value is -4.12. The normalized spacial score (nSPS) is 10.6. The number of aromatic hydroxyl groups is 4. The Bertz CT molecular complexity index is 1090. The van der Waals surface area contributed by atoms with Crippen molar-refractivity contribution in [2.24, 2.45) is 0 Å². The molecule has 144 valence electrons. The number of phenolic OH excluding ortho intramolecular Hbond substituents is 4. The highest BCUT2D eigenvalue weighted by Gasteiger charge is 2.18. The quantitative estimate of drug-likeness (QED) is 0.365. The molecule has 0 saturated heterocycles. The van der Waals surface area contributed by atoms with Gasteiger partial charge in [-0.15, -0.1) is 0 Å². The summed E-state index contributed by atoms with van der Waals surface area (Å²) in [6, 6.07) is 23.0. The highest BCUT2D eigenvalue weighted by molar-refractivity contribution is 5.78. The van der Waals surface area contributed by atoms with Gasteiger partial charge in [0, 0.05) is 11.1 Å². The van der Waals surface area contributed by atoms with Gasteiger partial charge in [-0.2, -0.15) is 0 Å². The molecule has 0 fully saturated rings. The van der Waals surface area contributed by atoms with E-state index in [1.165, 1.54) is 12.1 Å². The zero-order chi connectivity index (χ0) is 20.4. The van der Waals surface area contributed by atoms with E-state index >= 15 is 0 Å². The lowest BCUT2D eigenvalue weighted by atomic mass is 10.0. The van der Waals surface area contributed by atoms with E-state index in [2.05, 4.69) is 0 Å². The van der Waals surface area contributed by atoms with Crippen LogP contribution in [-0.2, 0) is 0 Å². The molecule has 0 saturated carbocycles. The van der Waals surface area contributed by atoms with Crippen molar-refractivity contribution in [1.82, 2.24) is 0 Å². The van der Waals surface area contributed by atoms with Crippen LogP contribution < -0.4 is 4.74 Å². The molecule has 0 aromatic heterocycles. The van der Waals surface area contributed by atoms with E-state index in [0.717, 1.165) is 0 Å². The summed E-state index contributed by atoms with van der Waals surface area (Å²) < 4.78 is 6.03. The number of hydrogen-bond donors (Lipinski definition) is 4. The van der Waals surface area contributed by atoms with Gasteiger partial charge in [-0.3, -0.25) is 0 Å². The van der Waals surface area contributed by atoms with Crippen molar-refractivity contribution in [3.8, 4) is 56.8 Å². The Kier molecular flexibility index (Phi) is 4.71. The average Bonchev–Trinajstić information content (AvgIpc) is 2.70. The first-order chi connectivity index (χ1) is 14.0. The zero-order valence-corrected chi connectivity index (χ0v) is 15.3. The van der Waals surface area contributed by atoms with Crippen molar-refractivity contribution in [3.63, 3.8) is 0 Å². The van der Waals surface area contributed by atoms with Crippen LogP contribution in [0.25, 0.3) is 22.3 Å². The van der Waals surface area contributed by atoms with Gasteiger partial charge >= 0.3 is 0 Å². The molecule has 5 nitrogen and oxygen atoms in total. The highest BCUT2D eigenvalue weighted by Crippen LogP contribution is 2.46. The van der Waals surface area contributed by atoms with E-state index in [-0.39, 0.29) is 34.5 Å². The molecule has 0 aliphatic rings. The van der Waals surface area contributed by atoms with Crippen molar-refractivity contribution < 1.29 is 25.2 Å². The maximum absolute atomic E-state index is 10.5. The van der Waals surface area contributed by atoms with E-state index < -0.39 is 0 Å². The minimum Gasteiger partial charge on any atom is -0.508 e. The molecular formula is C24H18O5. The molecule has 0 bridgehead atoms. The second kappa shape index (κ2) is 7.48. The largest absolute Gasteiger partial charge is 0.508 e. The molecule has 0 unspecified atom stereocenters. The van der Waals surface area contributed by atoms with Gasteiger partial charge in [0.25, 0.3) is 0 Å². The molecule has 0 heterocycles. The third kappa shape index (κ3) is 3.66. The van der Waals surface area contributed by atoms with Crippen molar-refractivity contribution in [2.75, 3.05) is 0 Å². The lowest BCUT2D eigenvalue weighted by Gasteiger charge is -2.17. The summed E-state index contributed by atoms with van der Waals surface area (Å²) in [5, 5.41) is 40.6. The van der Waals surface area contributed by atoms with Crippen LogP contribution in [-0.4, -0.2) is 20.4 Å². The average molecular weight is 386 g/mol. The summed E-state index contributed by atoms with van der Waals surface area (Å²) in [7, 11) is 0. The molecule has 0 radical (unpaired) electrons. The van der Waals surface area contributed by atoms with Crippen LogP contribution in [0.2, 0.25) is 0 Å². The van der Waals surface area contributed by atoms with Gasteiger partial charge in [0.05, 0.1) is 0 Å². The third-order valence-corrected chi connectivity index (χ3v) is 4.51. The monoisotopic (exact) mass is 386 g/mol. The summed E-state index contributed by atoms with van der Waals surface area (Å²) in [6.07, 6.45) is 0. The minimum absolute atomic E-state index is 0.0831. The number of benzene rings is 4. The van der Waals surface area contributed by atoms with Crippen LogP contribution in [0.15, 0.2) is 84.9 Å². The molecule has 29 heavy (non-hydrogen) atoms. The van der Waals surface area contributed by atoms with E-state index in [4.69, 9.17) is 4.74 Å². The smallest absolute Gasteiger partial charge is 0.177 e. The standard InChI is InChI=1S/C24H18O5/c25-17-7-1-5-15(13-17)19-9-3-11-21(27)23(19)29-24-20(10-4-12-22(24)28)16-6-2-8-18(26)14-16/h1-14,25-28H. The van der Waals surface area contributed by atoms with Gasteiger partial charge in [0.15, 0.2) is 23.0 Å². The molecule has 0 aliphatic carbocycles. The van der Waals surface area contributed by atoms with Gasteiger partial charge in [0.1, 0.15) is 11.5 Å². The summed E-state index contributed by atoms with van der Waals surface area (Å²) >= 11 is 0. The first-order valence-electron chi connectivity index (χ1n) is 8.93. The predicted molar refractivity (Wildman–Crippen MR) is 110 cm³/mol. The molecule has 0 amide bonds. The fourth-order valence-electron chi connectivity index (χ4n) is 3.17. The van der Waals surface area contributed by atoms with Crippen LogP contribution in [0.3, 0.4) is 0 Å². The summed E-state index contributed by atoms with van der Waals surface area (Å²) in [5.74, 6) is 0.216. The van der Waals surface area contributed by atoms with Crippen LogP contribution in [0, 0.1) is 0 Å². The Morgan fingerprint density at radius 2 is 0.897 bits per heavy atom. The number of para-hydroxylation sites is 2. The van der Waals surface area contributed by atoms with E-state index in [1.807, 2.05) is 0 Å². The van der Waals surface area contributed by atoms with Crippen LogP contribution in [0.4, 0.5) is 0 Å². The lowest BCUT2D eigenvalue weighted by Crippen LogP contribution is -1.92. The molecule has 4 aromatic carbocycles. The summed E-state index contributed by atoms with van der Waals surface area (Å²) in [4.78, 5) is 0. The molecule has 0 atom stereocenters. The zero-order valence-electron chi connectivity index (χ0n) is 15.3. The van der Waals surface area contributed by atoms with Crippen LogP contribution in [0.1, 0.15) is 0 Å². The van der Waals surface area contributed by atoms with Crippen molar-refractivity contribution in [2.45, 2.75) is 0 Å². The van der Waals surface area contributed by atoms with E-state index in [0.29, 0.717) is 22.3 Å². The Morgan fingerprint density at radius 1 is 0.483 bits per heavy atom. The fraction of sp³-hybridized carbons (Fsp3) is 0. The maximum Gasteiger partial charge on any atom is 0.177 e. The fourth-order valence-corrected chi connectivity index (χ4v) is 3.17. The van der Waals surface area contributed by atoms with E-state index in [9.17, 15) is 20.4 Å². The van der Waals surface area contributed by atoms with Crippen LogP contribution >= 0.6 is 0 Å². The van der Waals surface area contributed by atoms with E-state index in [1.54, 1.807) is 72.8 Å². The SMILES string of the molecule is Oc1cccc(-c2cccc(O)c2Oc2c(O)cccc2-c2cccc(O)c2)c1. The first-order valence-corrected chi connectivity index (χ1v) is 8.93. The van der Waals surface area contributed by atoms with Gasteiger partial charge < -0.3 is 25.2 Å². The number of ether oxygens (including phenoxy) is 1. The van der Waals surface area contributed by atoms with Crippen molar-refractivity contribution >= 4 is 0 Å². The second-order valence-corrected chi connectivity index (χ2v) is 6.51. The topological polar surface area (TPSA) is 90.2 Å². The molecular weight excluding hydrogens is 368 g/mol. The summed E-state index contributed by atoms with van der Waals surface area (Å²) in [5.41, 5.74) is 2.38. The van der Waals surface area contributed by atoms with Gasteiger partial charge in [0.2, 0.25) is 0 Å². The number of phenols is 4. The molecule has 0 spiro atoms. The number of hydrogen-bond acceptors (Lipinski definition) is 5. The molecule has 4 aromatic rings. The second-order valence-electron chi connectivity index (χ2n) is 6.51. The minimum atomic E-state index is -0.115. The molecule has 4 N–H and O–H groups in total. The summed E-state index contributed by atoms with van der Waals surface area (Å²) in [6.45, 7) is 0. The Labute approximate surface area is 167 Å². The first kappa shape index (κ1) is 18.3. The Balaban J connectivity index is 1.86. The van der Waals surface area contributed by atoms with Crippen molar-refractivity contribution in [3.05, 3.63) is 84.9 Å². The van der Waals surface area contributed by atoms with Crippen molar-refractivity contribution in [1.29, 1.82) is 0 Å². The van der Waals surface area contributed by atoms with Gasteiger partial charge in [-0.25, -0.2) is 0 Å². The molecule has 4 rings (SSSR count). The third-order valence-electron chi connectivity index (χ3n) is 4.51. The Morgan fingerprint density at radius 3 is 1.31 bits per heavy atom. The predicted octanol–water partition coefficient (Wildman–Crippen LogP) is 5.64. The van der Waals surface area contributed by atoms with Gasteiger partial charge in [-0.05, 0) is 47.5 Å². The van der Waals surface area contributed by atoms with Gasteiger partial charge in [-0.1, -0.05) is 48.5 Å². The van der Waals surface area contributed by atoms with Crippen LogP contribution in [0.5, 0.6) is 34.5 Å². The highest BCUT2D eigenvalue weighted by atomic mass is 16.5.